The van der Waals surface area contributed by atoms with Crippen LogP contribution in [-0.2, 0) is 0 Å². The van der Waals surface area contributed by atoms with Gasteiger partial charge in [0, 0.05) is 17.6 Å². The second-order valence-corrected chi connectivity index (χ2v) is 3.35. The zero-order valence-electron chi connectivity index (χ0n) is 6.29. The van der Waals surface area contributed by atoms with Crippen LogP contribution in [-0.4, -0.2) is 11.5 Å². The summed E-state index contributed by atoms with van der Waals surface area (Å²) in [6.45, 7) is 2.69. The lowest BCUT2D eigenvalue weighted by Gasteiger charge is -1.94. The Balaban J connectivity index is 2.34. The number of hydrogen-bond donors (Lipinski definition) is 1. The van der Waals surface area contributed by atoms with E-state index in [9.17, 15) is 0 Å². The van der Waals surface area contributed by atoms with Crippen LogP contribution >= 0.6 is 11.3 Å². The largest absolute Gasteiger partial charge is 0.360 e. The average molecular weight is 167 g/mol. The third-order valence-electron chi connectivity index (χ3n) is 1.13. The van der Waals surface area contributed by atoms with Crippen LogP contribution in [0.25, 0.3) is 0 Å². The van der Waals surface area contributed by atoms with E-state index in [1.165, 1.54) is 4.88 Å². The standard InChI is InChI=1S/C7H9N3S/c1-6-5-10-7(11-6)9-4-2-3-8/h5H,2,4H2,1H3,(H,9,10). The number of rotatable bonds is 3. The summed E-state index contributed by atoms with van der Waals surface area (Å²) in [5.41, 5.74) is 0. The van der Waals surface area contributed by atoms with E-state index in [0.717, 1.165) is 5.13 Å². The molecular formula is C7H9N3S. The number of hydrogen-bond acceptors (Lipinski definition) is 4. The minimum absolute atomic E-state index is 0.526. The third-order valence-corrected chi connectivity index (χ3v) is 2.00. The lowest BCUT2D eigenvalue weighted by molar-refractivity contribution is 1.07. The predicted molar refractivity (Wildman–Crippen MR) is 45.6 cm³/mol. The van der Waals surface area contributed by atoms with Crippen molar-refractivity contribution in [2.45, 2.75) is 13.3 Å². The maximum atomic E-state index is 8.24. The molecule has 0 atom stereocenters. The van der Waals surface area contributed by atoms with Crippen molar-refractivity contribution in [2.24, 2.45) is 0 Å². The Bertz CT molecular complexity index is 261. The number of aryl methyl sites for hydroxylation is 1. The van der Waals surface area contributed by atoms with Gasteiger partial charge in [0.1, 0.15) is 0 Å². The van der Waals surface area contributed by atoms with Gasteiger partial charge in [-0.05, 0) is 6.92 Å². The first kappa shape index (κ1) is 8.02. The molecule has 0 amide bonds. The number of thiazole rings is 1. The van der Waals surface area contributed by atoms with Gasteiger partial charge >= 0.3 is 0 Å². The van der Waals surface area contributed by atoms with E-state index in [2.05, 4.69) is 16.4 Å². The van der Waals surface area contributed by atoms with E-state index >= 15 is 0 Å². The molecule has 3 nitrogen and oxygen atoms in total. The lowest BCUT2D eigenvalue weighted by Crippen LogP contribution is -1.98. The SMILES string of the molecule is Cc1cnc(NCCC#N)s1. The Kier molecular flexibility index (Phi) is 2.87. The fourth-order valence-corrected chi connectivity index (χ4v) is 1.35. The fourth-order valence-electron chi connectivity index (χ4n) is 0.662. The molecule has 0 aliphatic heterocycles. The molecule has 0 aromatic carbocycles. The van der Waals surface area contributed by atoms with Gasteiger partial charge in [-0.1, -0.05) is 0 Å². The number of anilines is 1. The highest BCUT2D eigenvalue weighted by atomic mass is 32.1. The summed E-state index contributed by atoms with van der Waals surface area (Å²) in [4.78, 5) is 5.27. The van der Waals surface area contributed by atoms with Gasteiger partial charge in [-0.25, -0.2) is 4.98 Å². The molecule has 0 fully saturated rings. The second kappa shape index (κ2) is 3.94. The topological polar surface area (TPSA) is 48.7 Å². The van der Waals surface area contributed by atoms with Crippen LogP contribution in [0.5, 0.6) is 0 Å². The van der Waals surface area contributed by atoms with E-state index < -0.39 is 0 Å². The molecular weight excluding hydrogens is 158 g/mol. The summed E-state index contributed by atoms with van der Waals surface area (Å²) in [6.07, 6.45) is 2.35. The summed E-state index contributed by atoms with van der Waals surface area (Å²) in [5.74, 6) is 0. The van der Waals surface area contributed by atoms with Crippen molar-refractivity contribution < 1.29 is 0 Å². The molecule has 1 aromatic heterocycles. The van der Waals surface area contributed by atoms with E-state index in [-0.39, 0.29) is 0 Å². The summed E-state index contributed by atoms with van der Waals surface area (Å²) in [5, 5.41) is 12.2. The van der Waals surface area contributed by atoms with Gasteiger partial charge in [-0.2, -0.15) is 5.26 Å². The smallest absolute Gasteiger partial charge is 0.182 e. The Hall–Kier alpha value is -1.08. The molecule has 0 aliphatic rings. The average Bonchev–Trinajstić information content (AvgIpc) is 2.37. The van der Waals surface area contributed by atoms with Crippen LogP contribution < -0.4 is 5.32 Å². The molecule has 0 spiro atoms. The van der Waals surface area contributed by atoms with Gasteiger partial charge in [-0.15, -0.1) is 11.3 Å². The summed E-state index contributed by atoms with van der Waals surface area (Å²) in [6, 6.07) is 2.06. The molecule has 0 aliphatic carbocycles. The summed E-state index contributed by atoms with van der Waals surface area (Å²) >= 11 is 1.61. The van der Waals surface area contributed by atoms with E-state index in [1.54, 1.807) is 11.3 Å². The Morgan fingerprint density at radius 1 is 1.82 bits per heavy atom. The van der Waals surface area contributed by atoms with Gasteiger partial charge in [0.15, 0.2) is 5.13 Å². The fraction of sp³-hybridized carbons (Fsp3) is 0.429. The summed E-state index contributed by atoms with van der Waals surface area (Å²) in [7, 11) is 0. The van der Waals surface area contributed by atoms with Gasteiger partial charge in [0.25, 0.3) is 0 Å². The Labute approximate surface area is 69.7 Å². The molecule has 1 aromatic rings. The molecule has 0 saturated heterocycles. The molecule has 0 unspecified atom stereocenters. The normalized spacial score (nSPS) is 9.09. The molecule has 0 bridgehead atoms. The van der Waals surface area contributed by atoms with Crippen LogP contribution in [0, 0.1) is 18.3 Å². The minimum atomic E-state index is 0.526. The van der Waals surface area contributed by atoms with Gasteiger partial charge in [-0.3, -0.25) is 0 Å². The highest BCUT2D eigenvalue weighted by Gasteiger charge is 1.94. The van der Waals surface area contributed by atoms with Crippen molar-refractivity contribution in [3.05, 3.63) is 11.1 Å². The van der Waals surface area contributed by atoms with Gasteiger partial charge in [0.05, 0.1) is 12.5 Å². The van der Waals surface area contributed by atoms with Crippen LogP contribution in [0.3, 0.4) is 0 Å². The quantitative estimate of drug-likeness (QED) is 0.698. The van der Waals surface area contributed by atoms with Crippen molar-refractivity contribution in [1.82, 2.24) is 4.98 Å². The van der Waals surface area contributed by atoms with Crippen molar-refractivity contribution in [1.29, 1.82) is 5.26 Å². The molecule has 1 rings (SSSR count). The lowest BCUT2D eigenvalue weighted by atomic mass is 10.5. The van der Waals surface area contributed by atoms with E-state index in [0.29, 0.717) is 13.0 Å². The van der Waals surface area contributed by atoms with Crippen molar-refractivity contribution in [3.63, 3.8) is 0 Å². The van der Waals surface area contributed by atoms with Crippen LogP contribution in [0.15, 0.2) is 6.20 Å². The van der Waals surface area contributed by atoms with Crippen molar-refractivity contribution >= 4 is 16.5 Å². The number of nitrogens with one attached hydrogen (secondary N) is 1. The molecule has 11 heavy (non-hydrogen) atoms. The van der Waals surface area contributed by atoms with Crippen LogP contribution in [0.2, 0.25) is 0 Å². The first-order valence-electron chi connectivity index (χ1n) is 3.36. The molecule has 58 valence electrons. The molecule has 0 radical (unpaired) electrons. The molecule has 0 saturated carbocycles. The van der Waals surface area contributed by atoms with E-state index in [1.807, 2.05) is 13.1 Å². The maximum Gasteiger partial charge on any atom is 0.182 e. The number of nitriles is 1. The number of aromatic nitrogens is 1. The minimum Gasteiger partial charge on any atom is -0.360 e. The predicted octanol–water partition coefficient (Wildman–Crippen LogP) is 1.78. The van der Waals surface area contributed by atoms with Crippen LogP contribution in [0.1, 0.15) is 11.3 Å². The molecule has 1 N–H and O–H groups in total. The Morgan fingerprint density at radius 2 is 2.64 bits per heavy atom. The summed E-state index contributed by atoms with van der Waals surface area (Å²) < 4.78 is 0. The van der Waals surface area contributed by atoms with Gasteiger partial charge in [0.2, 0.25) is 0 Å². The van der Waals surface area contributed by atoms with Crippen LogP contribution in [0.4, 0.5) is 5.13 Å². The Morgan fingerprint density at radius 3 is 3.18 bits per heavy atom. The first-order chi connectivity index (χ1) is 5.33. The highest BCUT2D eigenvalue weighted by molar-refractivity contribution is 7.15. The molecule has 1 heterocycles. The van der Waals surface area contributed by atoms with E-state index in [4.69, 9.17) is 5.26 Å². The monoisotopic (exact) mass is 167 g/mol. The zero-order chi connectivity index (χ0) is 8.10. The zero-order valence-corrected chi connectivity index (χ0v) is 7.11. The first-order valence-corrected chi connectivity index (χ1v) is 4.18. The number of nitrogens with zero attached hydrogens (tertiary/aromatic N) is 2. The van der Waals surface area contributed by atoms with Crippen molar-refractivity contribution in [2.75, 3.05) is 11.9 Å². The van der Waals surface area contributed by atoms with Crippen molar-refractivity contribution in [3.8, 4) is 6.07 Å². The van der Waals surface area contributed by atoms with Gasteiger partial charge < -0.3 is 5.32 Å². The maximum absolute atomic E-state index is 8.24. The highest BCUT2D eigenvalue weighted by Crippen LogP contribution is 2.15. The second-order valence-electron chi connectivity index (χ2n) is 2.11. The third kappa shape index (κ3) is 2.56. The molecule has 4 heteroatoms.